The molecule has 0 saturated carbocycles. The molecule has 1 rings (SSSR count). The van der Waals surface area contributed by atoms with E-state index in [0.29, 0.717) is 13.0 Å². The summed E-state index contributed by atoms with van der Waals surface area (Å²) in [6.07, 6.45) is 0.180. The first-order valence-electron chi connectivity index (χ1n) is 5.62. The fourth-order valence-corrected chi connectivity index (χ4v) is 2.38. The number of hydrogen-bond donors (Lipinski definition) is 0. The van der Waals surface area contributed by atoms with Crippen LogP contribution in [-0.4, -0.2) is 18.5 Å². The molecule has 1 aromatic heterocycles. The molecule has 1 heterocycles. The molecule has 0 aliphatic rings. The first-order chi connectivity index (χ1) is 7.45. The van der Waals surface area contributed by atoms with Gasteiger partial charge in [-0.2, -0.15) is 0 Å². The third-order valence-electron chi connectivity index (χ3n) is 2.34. The minimum atomic E-state index is -0.306. The first-order valence-corrected chi connectivity index (χ1v) is 6.49. The van der Waals surface area contributed by atoms with Crippen molar-refractivity contribution in [3.05, 3.63) is 22.4 Å². The Morgan fingerprint density at radius 1 is 1.50 bits per heavy atom. The highest BCUT2D eigenvalue weighted by Crippen LogP contribution is 2.25. The van der Waals surface area contributed by atoms with Crippen LogP contribution in [0.2, 0.25) is 0 Å². The molecule has 1 atom stereocenters. The van der Waals surface area contributed by atoms with Crippen LogP contribution in [0.15, 0.2) is 17.5 Å². The van der Waals surface area contributed by atoms with Crippen molar-refractivity contribution in [3.63, 3.8) is 0 Å². The van der Waals surface area contributed by atoms with Gasteiger partial charge in [0.15, 0.2) is 5.78 Å². The average Bonchev–Trinajstić information content (AvgIpc) is 2.64. The van der Waals surface area contributed by atoms with Crippen LogP contribution >= 0.6 is 11.3 Å². The number of ether oxygens (including phenoxy) is 1. The maximum Gasteiger partial charge on any atom is 0.167 e. The molecule has 0 aliphatic carbocycles. The minimum absolute atomic E-state index is 0.135. The van der Waals surface area contributed by atoms with Gasteiger partial charge in [-0.25, -0.2) is 0 Å². The van der Waals surface area contributed by atoms with Crippen LogP contribution in [0, 0.1) is 5.41 Å². The molecule has 1 unspecified atom stereocenters. The average molecular weight is 240 g/mol. The Bertz CT molecular complexity index is 322. The monoisotopic (exact) mass is 240 g/mol. The molecule has 90 valence electrons. The molecular formula is C13H20O2S. The van der Waals surface area contributed by atoms with Crippen molar-refractivity contribution in [1.29, 1.82) is 0 Å². The SMILES string of the molecule is CCOC(C(=O)Cc1cccs1)C(C)(C)C. The summed E-state index contributed by atoms with van der Waals surface area (Å²) < 4.78 is 5.57. The van der Waals surface area contributed by atoms with Gasteiger partial charge in [-0.15, -0.1) is 11.3 Å². The highest BCUT2D eigenvalue weighted by molar-refractivity contribution is 7.10. The summed E-state index contributed by atoms with van der Waals surface area (Å²) in [5, 5.41) is 2.00. The third-order valence-corrected chi connectivity index (χ3v) is 3.22. The number of thiophene rings is 1. The van der Waals surface area contributed by atoms with Crippen LogP contribution in [0.1, 0.15) is 32.6 Å². The first kappa shape index (κ1) is 13.4. The van der Waals surface area contributed by atoms with E-state index >= 15 is 0 Å². The second-order valence-electron chi connectivity index (χ2n) is 4.92. The normalized spacial score (nSPS) is 13.8. The molecule has 0 bridgehead atoms. The highest BCUT2D eigenvalue weighted by Gasteiger charge is 2.31. The lowest BCUT2D eigenvalue weighted by molar-refractivity contribution is -0.136. The molecule has 0 radical (unpaired) electrons. The Balaban J connectivity index is 2.68. The van der Waals surface area contributed by atoms with Gasteiger partial charge < -0.3 is 4.74 Å². The van der Waals surface area contributed by atoms with Gasteiger partial charge in [-0.05, 0) is 23.8 Å². The van der Waals surface area contributed by atoms with E-state index in [9.17, 15) is 4.79 Å². The maximum atomic E-state index is 12.1. The van der Waals surface area contributed by atoms with Gasteiger partial charge in [-0.1, -0.05) is 26.8 Å². The van der Waals surface area contributed by atoms with E-state index in [2.05, 4.69) is 0 Å². The highest BCUT2D eigenvalue weighted by atomic mass is 32.1. The van der Waals surface area contributed by atoms with Crippen LogP contribution in [0.4, 0.5) is 0 Å². The lowest BCUT2D eigenvalue weighted by Gasteiger charge is -2.29. The summed E-state index contributed by atoms with van der Waals surface area (Å²) in [6, 6.07) is 3.97. The van der Waals surface area contributed by atoms with Gasteiger partial charge in [0.2, 0.25) is 0 Å². The van der Waals surface area contributed by atoms with Crippen LogP contribution in [-0.2, 0) is 16.0 Å². The molecule has 0 spiro atoms. The Morgan fingerprint density at radius 2 is 2.19 bits per heavy atom. The number of hydrogen-bond acceptors (Lipinski definition) is 3. The molecule has 16 heavy (non-hydrogen) atoms. The maximum absolute atomic E-state index is 12.1. The van der Waals surface area contributed by atoms with E-state index in [-0.39, 0.29) is 17.3 Å². The number of carbonyl (C=O) groups is 1. The summed E-state index contributed by atoms with van der Waals surface area (Å²) in [5.74, 6) is 0.178. The molecule has 0 fully saturated rings. The van der Waals surface area contributed by atoms with E-state index < -0.39 is 0 Å². The molecular weight excluding hydrogens is 220 g/mol. The summed E-state index contributed by atoms with van der Waals surface area (Å²) in [4.78, 5) is 13.2. The van der Waals surface area contributed by atoms with Crippen molar-refractivity contribution in [2.24, 2.45) is 5.41 Å². The standard InChI is InChI=1S/C13H20O2S/c1-5-15-12(13(2,3)4)11(14)9-10-7-6-8-16-10/h6-8,12H,5,9H2,1-4H3. The predicted octanol–water partition coefficient (Wildman–Crippen LogP) is 3.31. The molecule has 2 nitrogen and oxygen atoms in total. The quantitative estimate of drug-likeness (QED) is 0.789. The Labute approximate surface area is 102 Å². The van der Waals surface area contributed by atoms with E-state index in [4.69, 9.17) is 4.74 Å². The summed E-state index contributed by atoms with van der Waals surface area (Å²) >= 11 is 1.62. The molecule has 1 aromatic rings. The molecule has 0 N–H and O–H groups in total. The zero-order valence-electron chi connectivity index (χ0n) is 10.4. The summed E-state index contributed by atoms with van der Waals surface area (Å²) in [7, 11) is 0. The number of carbonyl (C=O) groups excluding carboxylic acids is 1. The molecule has 0 saturated heterocycles. The molecule has 0 aliphatic heterocycles. The molecule has 3 heteroatoms. The van der Waals surface area contributed by atoms with Gasteiger partial charge >= 0.3 is 0 Å². The zero-order valence-corrected chi connectivity index (χ0v) is 11.3. The van der Waals surface area contributed by atoms with Gasteiger partial charge in [0.1, 0.15) is 6.10 Å². The second kappa shape index (κ2) is 5.60. The number of Topliss-reactive ketones (excluding diaryl/α,β-unsaturated/α-hetero) is 1. The van der Waals surface area contributed by atoms with Crippen LogP contribution in [0.3, 0.4) is 0 Å². The molecule has 0 amide bonds. The Kier molecular flexibility index (Phi) is 4.69. The van der Waals surface area contributed by atoms with E-state index in [0.717, 1.165) is 4.88 Å². The van der Waals surface area contributed by atoms with Gasteiger partial charge in [-0.3, -0.25) is 4.79 Å². The van der Waals surface area contributed by atoms with Crippen LogP contribution in [0.25, 0.3) is 0 Å². The van der Waals surface area contributed by atoms with Crippen molar-refractivity contribution in [1.82, 2.24) is 0 Å². The van der Waals surface area contributed by atoms with E-state index in [1.54, 1.807) is 11.3 Å². The second-order valence-corrected chi connectivity index (χ2v) is 5.96. The minimum Gasteiger partial charge on any atom is -0.370 e. The fraction of sp³-hybridized carbons (Fsp3) is 0.615. The van der Waals surface area contributed by atoms with Crippen LogP contribution < -0.4 is 0 Å². The smallest absolute Gasteiger partial charge is 0.167 e. The predicted molar refractivity (Wildman–Crippen MR) is 67.9 cm³/mol. The fourth-order valence-electron chi connectivity index (χ4n) is 1.67. The summed E-state index contributed by atoms with van der Waals surface area (Å²) in [6.45, 7) is 8.63. The van der Waals surface area contributed by atoms with E-state index in [1.807, 2.05) is 45.2 Å². The van der Waals surface area contributed by atoms with Gasteiger partial charge in [0.05, 0.1) is 0 Å². The Morgan fingerprint density at radius 3 is 2.62 bits per heavy atom. The summed E-state index contributed by atoms with van der Waals surface area (Å²) in [5.41, 5.74) is -0.135. The van der Waals surface area contributed by atoms with Gasteiger partial charge in [0.25, 0.3) is 0 Å². The van der Waals surface area contributed by atoms with Crippen molar-refractivity contribution >= 4 is 17.1 Å². The van der Waals surface area contributed by atoms with Crippen LogP contribution in [0.5, 0.6) is 0 Å². The van der Waals surface area contributed by atoms with Crippen molar-refractivity contribution in [2.75, 3.05) is 6.61 Å². The lowest BCUT2D eigenvalue weighted by atomic mass is 9.85. The third kappa shape index (κ3) is 3.72. The largest absolute Gasteiger partial charge is 0.370 e. The number of ketones is 1. The zero-order chi connectivity index (χ0) is 12.2. The van der Waals surface area contributed by atoms with Crippen molar-refractivity contribution < 1.29 is 9.53 Å². The Hall–Kier alpha value is -0.670. The van der Waals surface area contributed by atoms with Crippen molar-refractivity contribution in [3.8, 4) is 0 Å². The molecule has 0 aromatic carbocycles. The van der Waals surface area contributed by atoms with E-state index in [1.165, 1.54) is 0 Å². The number of rotatable bonds is 5. The lowest BCUT2D eigenvalue weighted by Crippen LogP contribution is -2.37. The van der Waals surface area contributed by atoms with Gasteiger partial charge in [0, 0.05) is 17.9 Å². The topological polar surface area (TPSA) is 26.3 Å². The van der Waals surface area contributed by atoms with Crippen molar-refractivity contribution in [2.45, 2.75) is 40.2 Å².